The van der Waals surface area contributed by atoms with Crippen LogP contribution in [-0.4, -0.2) is 47.2 Å². The molecule has 5 heteroatoms. The first-order chi connectivity index (χ1) is 13.0. The molecule has 1 aromatic carbocycles. The summed E-state index contributed by atoms with van der Waals surface area (Å²) >= 11 is 0. The van der Waals surface area contributed by atoms with Gasteiger partial charge in [-0.15, -0.1) is 0 Å². The zero-order chi connectivity index (χ0) is 19.4. The van der Waals surface area contributed by atoms with E-state index < -0.39 is 0 Å². The van der Waals surface area contributed by atoms with E-state index in [0.29, 0.717) is 13.1 Å². The van der Waals surface area contributed by atoms with Crippen molar-refractivity contribution in [2.75, 3.05) is 13.6 Å². The van der Waals surface area contributed by atoms with Gasteiger partial charge in [-0.25, -0.2) is 9.59 Å². The molecule has 1 saturated heterocycles. The smallest absolute Gasteiger partial charge is 0.324 e. The van der Waals surface area contributed by atoms with Crippen LogP contribution in [0.1, 0.15) is 51.0 Å². The molecule has 1 aliphatic carbocycles. The van der Waals surface area contributed by atoms with Crippen molar-refractivity contribution in [3.8, 4) is 0 Å². The van der Waals surface area contributed by atoms with Crippen molar-refractivity contribution in [2.24, 2.45) is 11.8 Å². The van der Waals surface area contributed by atoms with Crippen molar-refractivity contribution >= 4 is 18.2 Å². The molecule has 27 heavy (non-hydrogen) atoms. The van der Waals surface area contributed by atoms with E-state index in [-0.39, 0.29) is 34.2 Å². The standard InChI is InChI=1S/C22H31N2O3/c1-17-9-8-14-24(17,16-25)22(27)20-13-7-6-12-19(20)21(26)23(2)15-18-10-4-3-5-11-18/h3-5,10-11,16-17,19-20H,6-9,12-15H2,1-2H3/q+1/t17-,19?,20?,24?/m1/s1. The third-order valence-corrected chi connectivity index (χ3v) is 6.57. The van der Waals surface area contributed by atoms with E-state index in [1.807, 2.05) is 44.3 Å². The Bertz CT molecular complexity index is 690. The summed E-state index contributed by atoms with van der Waals surface area (Å²) < 4.78 is -0.0865. The molecule has 1 heterocycles. The van der Waals surface area contributed by atoms with Crippen molar-refractivity contribution in [1.82, 2.24) is 4.90 Å². The second-order valence-electron chi connectivity index (χ2n) is 8.27. The lowest BCUT2D eigenvalue weighted by atomic mass is 9.77. The summed E-state index contributed by atoms with van der Waals surface area (Å²) in [6, 6.07) is 9.92. The Labute approximate surface area is 161 Å². The van der Waals surface area contributed by atoms with Crippen LogP contribution in [0, 0.1) is 11.8 Å². The summed E-state index contributed by atoms with van der Waals surface area (Å²) in [5.74, 6) is -0.633. The lowest BCUT2D eigenvalue weighted by Crippen LogP contribution is -2.58. The number of hydrogen-bond acceptors (Lipinski definition) is 3. The van der Waals surface area contributed by atoms with Crippen LogP contribution in [0.3, 0.4) is 0 Å². The van der Waals surface area contributed by atoms with Crippen molar-refractivity contribution in [3.05, 3.63) is 35.9 Å². The minimum Gasteiger partial charge on any atom is -0.341 e. The number of carbonyl (C=O) groups is 3. The molecular formula is C22H31N2O3+. The van der Waals surface area contributed by atoms with Gasteiger partial charge in [0.1, 0.15) is 6.04 Å². The topological polar surface area (TPSA) is 54.5 Å². The molecule has 2 fully saturated rings. The molecule has 1 saturated carbocycles. The highest BCUT2D eigenvalue weighted by molar-refractivity contribution is 5.87. The first-order valence-electron chi connectivity index (χ1n) is 10.2. The highest BCUT2D eigenvalue weighted by atomic mass is 16.2. The maximum absolute atomic E-state index is 13.4. The quantitative estimate of drug-likeness (QED) is 0.590. The predicted octanol–water partition coefficient (Wildman–Crippen LogP) is 3.13. The molecule has 0 N–H and O–H groups in total. The van der Waals surface area contributed by atoms with Gasteiger partial charge in [0.2, 0.25) is 5.91 Å². The van der Waals surface area contributed by atoms with Gasteiger partial charge >= 0.3 is 12.3 Å². The molecule has 3 rings (SSSR count). The lowest BCUT2D eigenvalue weighted by Gasteiger charge is -2.37. The van der Waals surface area contributed by atoms with Gasteiger partial charge in [0.25, 0.3) is 0 Å². The number of amides is 3. The van der Waals surface area contributed by atoms with Gasteiger partial charge in [0, 0.05) is 26.4 Å². The molecule has 1 aliphatic heterocycles. The molecule has 0 spiro atoms. The van der Waals surface area contributed by atoms with Crippen LogP contribution in [-0.2, 0) is 20.9 Å². The van der Waals surface area contributed by atoms with Crippen LogP contribution in [0.2, 0.25) is 0 Å². The van der Waals surface area contributed by atoms with Crippen LogP contribution in [0.15, 0.2) is 30.3 Å². The lowest BCUT2D eigenvalue weighted by molar-refractivity contribution is -0.782. The maximum atomic E-state index is 13.4. The fourth-order valence-corrected chi connectivity index (χ4v) is 4.88. The second kappa shape index (κ2) is 8.34. The minimum atomic E-state index is -0.338. The zero-order valence-electron chi connectivity index (χ0n) is 16.5. The predicted molar refractivity (Wildman–Crippen MR) is 103 cm³/mol. The average molecular weight is 372 g/mol. The Morgan fingerprint density at radius 3 is 2.33 bits per heavy atom. The van der Waals surface area contributed by atoms with E-state index in [4.69, 9.17) is 0 Å². The largest absolute Gasteiger partial charge is 0.341 e. The van der Waals surface area contributed by atoms with Crippen LogP contribution in [0.4, 0.5) is 0 Å². The van der Waals surface area contributed by atoms with Crippen molar-refractivity contribution in [3.63, 3.8) is 0 Å². The highest BCUT2D eigenvalue weighted by Crippen LogP contribution is 2.37. The van der Waals surface area contributed by atoms with Crippen molar-refractivity contribution in [1.29, 1.82) is 0 Å². The minimum absolute atomic E-state index is 0.0229. The van der Waals surface area contributed by atoms with Gasteiger partial charge in [-0.05, 0) is 25.3 Å². The van der Waals surface area contributed by atoms with E-state index in [0.717, 1.165) is 50.5 Å². The summed E-state index contributed by atoms with van der Waals surface area (Å²) in [6.07, 6.45) is 6.00. The molecule has 0 bridgehead atoms. The van der Waals surface area contributed by atoms with Crippen LogP contribution in [0.25, 0.3) is 0 Å². The number of rotatable bonds is 5. The molecule has 5 nitrogen and oxygen atoms in total. The monoisotopic (exact) mass is 371 g/mol. The molecule has 4 atom stereocenters. The summed E-state index contributed by atoms with van der Waals surface area (Å²) in [5, 5.41) is 0. The summed E-state index contributed by atoms with van der Waals surface area (Å²) in [7, 11) is 1.81. The van der Waals surface area contributed by atoms with E-state index in [2.05, 4.69) is 0 Å². The first-order valence-corrected chi connectivity index (χ1v) is 10.2. The molecule has 3 unspecified atom stereocenters. The molecule has 0 aromatic heterocycles. The van der Waals surface area contributed by atoms with Crippen LogP contribution >= 0.6 is 0 Å². The van der Waals surface area contributed by atoms with Gasteiger partial charge in [-0.3, -0.25) is 4.79 Å². The number of likely N-dealkylation sites (tertiary alicyclic amines) is 1. The average Bonchev–Trinajstić information content (AvgIpc) is 3.09. The van der Waals surface area contributed by atoms with E-state index in [1.54, 1.807) is 4.90 Å². The van der Waals surface area contributed by atoms with Crippen LogP contribution in [0.5, 0.6) is 0 Å². The van der Waals surface area contributed by atoms with Crippen LogP contribution < -0.4 is 0 Å². The van der Waals surface area contributed by atoms with E-state index in [9.17, 15) is 14.4 Å². The normalized spacial score (nSPS) is 30.7. The number of quaternary nitrogens is 1. The van der Waals surface area contributed by atoms with Gasteiger partial charge in [-0.1, -0.05) is 43.2 Å². The summed E-state index contributed by atoms with van der Waals surface area (Å²) in [6.45, 7) is 3.11. The molecule has 146 valence electrons. The number of benzene rings is 1. The number of imide groups is 1. The zero-order valence-corrected chi connectivity index (χ0v) is 16.5. The third-order valence-electron chi connectivity index (χ3n) is 6.57. The van der Waals surface area contributed by atoms with E-state index in [1.165, 1.54) is 0 Å². The fraction of sp³-hybridized carbons (Fsp3) is 0.591. The fourth-order valence-electron chi connectivity index (χ4n) is 4.88. The summed E-state index contributed by atoms with van der Waals surface area (Å²) in [4.78, 5) is 40.3. The van der Waals surface area contributed by atoms with Gasteiger partial charge in [-0.2, -0.15) is 4.48 Å². The molecular weight excluding hydrogens is 340 g/mol. The van der Waals surface area contributed by atoms with Gasteiger partial charge in [0.15, 0.2) is 0 Å². The Hall–Kier alpha value is -2.01. The Morgan fingerprint density at radius 2 is 1.74 bits per heavy atom. The summed E-state index contributed by atoms with van der Waals surface area (Å²) in [5.41, 5.74) is 1.08. The Morgan fingerprint density at radius 1 is 1.07 bits per heavy atom. The molecule has 2 aliphatic rings. The highest BCUT2D eigenvalue weighted by Gasteiger charge is 2.52. The molecule has 3 amide bonds. The number of carbonyl (C=O) groups excluding carboxylic acids is 3. The molecule has 0 radical (unpaired) electrons. The Balaban J connectivity index is 1.77. The van der Waals surface area contributed by atoms with Crippen molar-refractivity contribution in [2.45, 2.75) is 58.0 Å². The molecule has 1 aromatic rings. The number of nitrogens with zero attached hydrogens (tertiary/aromatic N) is 2. The van der Waals surface area contributed by atoms with Crippen molar-refractivity contribution < 1.29 is 18.9 Å². The van der Waals surface area contributed by atoms with E-state index >= 15 is 0 Å². The third kappa shape index (κ3) is 3.84. The second-order valence-corrected chi connectivity index (χ2v) is 8.27. The van der Waals surface area contributed by atoms with Gasteiger partial charge < -0.3 is 4.90 Å². The number of hydrogen-bond donors (Lipinski definition) is 0. The Kier molecular flexibility index (Phi) is 6.10. The SMILES string of the molecule is C[C@@H]1CCC[N+]1(C=O)C(=O)C1CCCCC1C(=O)N(C)Cc1ccccc1. The first kappa shape index (κ1) is 19.7. The maximum Gasteiger partial charge on any atom is 0.324 e. The van der Waals surface area contributed by atoms with Gasteiger partial charge in [0.05, 0.1) is 18.4 Å².